The van der Waals surface area contributed by atoms with Crippen LogP contribution >= 0.6 is 0 Å². The van der Waals surface area contributed by atoms with Gasteiger partial charge >= 0.3 is 0 Å². The lowest BCUT2D eigenvalue weighted by Crippen LogP contribution is -2.26. The van der Waals surface area contributed by atoms with E-state index in [1.165, 1.54) is 0 Å². The van der Waals surface area contributed by atoms with Crippen LogP contribution in [0.4, 0.5) is 0 Å². The maximum absolute atomic E-state index is 11.9. The highest BCUT2D eigenvalue weighted by Crippen LogP contribution is 1.97. The Morgan fingerprint density at radius 2 is 2.06 bits per heavy atom. The molecule has 0 saturated heterocycles. The molecule has 0 atom stereocenters. The molecule has 0 unspecified atom stereocenters. The number of hydrogen-bond acceptors (Lipinski definition) is 3. The van der Waals surface area contributed by atoms with Crippen LogP contribution in [0.2, 0.25) is 0 Å². The van der Waals surface area contributed by atoms with E-state index in [0.717, 1.165) is 12.4 Å². The fourth-order valence-corrected chi connectivity index (χ4v) is 1.77. The highest BCUT2D eigenvalue weighted by Gasteiger charge is 2.02. The molecule has 90 valence electrons. The Labute approximate surface area is 99.5 Å². The van der Waals surface area contributed by atoms with Gasteiger partial charge in [0.1, 0.15) is 5.82 Å². The van der Waals surface area contributed by atoms with Crippen LogP contribution in [-0.2, 0) is 19.6 Å². The van der Waals surface area contributed by atoms with Crippen LogP contribution in [0, 0.1) is 6.92 Å². The summed E-state index contributed by atoms with van der Waals surface area (Å²) in [5.74, 6) is 0.952. The first-order valence-electron chi connectivity index (χ1n) is 5.58. The van der Waals surface area contributed by atoms with Gasteiger partial charge in [-0.1, -0.05) is 6.07 Å². The molecular weight excluding hydrogens is 216 g/mol. The van der Waals surface area contributed by atoms with E-state index < -0.39 is 0 Å². The SMILES string of the molecule is Cc1nccn1CCn1cccc(CN)c1=O. The summed E-state index contributed by atoms with van der Waals surface area (Å²) in [5, 5.41) is 0. The van der Waals surface area contributed by atoms with Crippen LogP contribution in [-0.4, -0.2) is 14.1 Å². The molecule has 0 fully saturated rings. The Balaban J connectivity index is 2.15. The van der Waals surface area contributed by atoms with Crippen LogP contribution in [0.5, 0.6) is 0 Å². The molecule has 17 heavy (non-hydrogen) atoms. The van der Waals surface area contributed by atoms with Crippen LogP contribution in [0.15, 0.2) is 35.5 Å². The van der Waals surface area contributed by atoms with E-state index in [4.69, 9.17) is 5.73 Å². The Morgan fingerprint density at radius 3 is 2.71 bits per heavy atom. The van der Waals surface area contributed by atoms with Gasteiger partial charge in [-0.15, -0.1) is 0 Å². The summed E-state index contributed by atoms with van der Waals surface area (Å²) in [4.78, 5) is 16.0. The molecule has 0 aliphatic heterocycles. The lowest BCUT2D eigenvalue weighted by Gasteiger charge is -2.08. The summed E-state index contributed by atoms with van der Waals surface area (Å²) < 4.78 is 3.70. The molecular formula is C12H16N4O. The van der Waals surface area contributed by atoms with Gasteiger partial charge in [0.2, 0.25) is 0 Å². The quantitative estimate of drug-likeness (QED) is 0.835. The van der Waals surface area contributed by atoms with E-state index in [1.54, 1.807) is 23.0 Å². The number of pyridine rings is 1. The van der Waals surface area contributed by atoms with Gasteiger partial charge < -0.3 is 14.9 Å². The average Bonchev–Trinajstić information content (AvgIpc) is 2.74. The predicted octanol–water partition coefficient (Wildman–Crippen LogP) is 0.512. The first kappa shape index (κ1) is 11.6. The summed E-state index contributed by atoms with van der Waals surface area (Å²) in [7, 11) is 0. The minimum atomic E-state index is -0.00670. The molecule has 0 amide bonds. The van der Waals surface area contributed by atoms with Crippen LogP contribution in [0.3, 0.4) is 0 Å². The standard InChI is InChI=1S/C12H16N4O/c1-10-14-4-6-15(10)7-8-16-5-2-3-11(9-13)12(16)17/h2-6H,7-9,13H2,1H3. The number of aryl methyl sites for hydroxylation is 3. The smallest absolute Gasteiger partial charge is 0.255 e. The third kappa shape index (κ3) is 2.45. The zero-order valence-corrected chi connectivity index (χ0v) is 9.84. The topological polar surface area (TPSA) is 65.8 Å². The molecule has 2 N–H and O–H groups in total. The molecule has 5 heteroatoms. The van der Waals surface area contributed by atoms with Crippen LogP contribution < -0.4 is 11.3 Å². The first-order chi connectivity index (χ1) is 8.22. The number of aromatic nitrogens is 3. The molecule has 5 nitrogen and oxygen atoms in total. The van der Waals surface area contributed by atoms with Crippen LogP contribution in [0.1, 0.15) is 11.4 Å². The average molecular weight is 232 g/mol. The Morgan fingerprint density at radius 1 is 1.29 bits per heavy atom. The van der Waals surface area contributed by atoms with Crippen molar-refractivity contribution in [2.24, 2.45) is 5.73 Å². The Kier molecular flexibility index (Phi) is 3.39. The summed E-state index contributed by atoms with van der Waals surface area (Å²) in [6, 6.07) is 3.62. The van der Waals surface area contributed by atoms with Gasteiger partial charge in [-0.25, -0.2) is 4.98 Å². The second-order valence-corrected chi connectivity index (χ2v) is 3.90. The van der Waals surface area contributed by atoms with Gasteiger partial charge in [0.05, 0.1) is 0 Å². The fourth-order valence-electron chi connectivity index (χ4n) is 1.77. The van der Waals surface area contributed by atoms with E-state index in [9.17, 15) is 4.79 Å². The van der Waals surface area contributed by atoms with Gasteiger partial charge in [-0.3, -0.25) is 4.79 Å². The normalized spacial score (nSPS) is 10.7. The van der Waals surface area contributed by atoms with Crippen molar-refractivity contribution in [1.29, 1.82) is 0 Å². The highest BCUT2D eigenvalue weighted by atomic mass is 16.1. The van der Waals surface area contributed by atoms with Crippen LogP contribution in [0.25, 0.3) is 0 Å². The molecule has 0 aliphatic rings. The third-order valence-corrected chi connectivity index (χ3v) is 2.82. The monoisotopic (exact) mass is 232 g/mol. The molecule has 0 aliphatic carbocycles. The molecule has 0 saturated carbocycles. The Hall–Kier alpha value is -1.88. The molecule has 0 bridgehead atoms. The highest BCUT2D eigenvalue weighted by molar-refractivity contribution is 5.09. The van der Waals surface area contributed by atoms with Crippen molar-refractivity contribution in [3.8, 4) is 0 Å². The van der Waals surface area contributed by atoms with E-state index >= 15 is 0 Å². The van der Waals surface area contributed by atoms with Crippen molar-refractivity contribution in [3.63, 3.8) is 0 Å². The number of nitrogens with zero attached hydrogens (tertiary/aromatic N) is 3. The van der Waals surface area contributed by atoms with E-state index in [-0.39, 0.29) is 12.1 Å². The minimum absolute atomic E-state index is 0.00670. The summed E-state index contributed by atoms with van der Waals surface area (Å²) >= 11 is 0. The third-order valence-electron chi connectivity index (χ3n) is 2.82. The van der Waals surface area contributed by atoms with Crippen molar-refractivity contribution >= 4 is 0 Å². The van der Waals surface area contributed by atoms with E-state index in [1.807, 2.05) is 23.8 Å². The summed E-state index contributed by atoms with van der Waals surface area (Å²) in [6.45, 7) is 3.59. The van der Waals surface area contributed by atoms with Gasteiger partial charge in [-0.05, 0) is 13.0 Å². The maximum Gasteiger partial charge on any atom is 0.255 e. The molecule has 2 rings (SSSR count). The van der Waals surface area contributed by atoms with E-state index in [2.05, 4.69) is 4.98 Å². The molecule has 0 radical (unpaired) electrons. The largest absolute Gasteiger partial charge is 0.333 e. The predicted molar refractivity (Wildman–Crippen MR) is 65.6 cm³/mol. The molecule has 2 aromatic heterocycles. The molecule has 0 aromatic carbocycles. The molecule has 2 heterocycles. The van der Waals surface area contributed by atoms with Gasteiger partial charge in [0.15, 0.2) is 0 Å². The fraction of sp³-hybridized carbons (Fsp3) is 0.333. The molecule has 0 spiro atoms. The lowest BCUT2D eigenvalue weighted by molar-refractivity contribution is 0.552. The lowest BCUT2D eigenvalue weighted by atomic mass is 10.3. The van der Waals surface area contributed by atoms with Crippen molar-refractivity contribution in [2.45, 2.75) is 26.6 Å². The minimum Gasteiger partial charge on any atom is -0.333 e. The van der Waals surface area contributed by atoms with Gasteiger partial charge in [0.25, 0.3) is 5.56 Å². The number of nitrogens with two attached hydrogens (primary N) is 1. The second kappa shape index (κ2) is 4.97. The number of hydrogen-bond donors (Lipinski definition) is 1. The van der Waals surface area contributed by atoms with Crippen molar-refractivity contribution in [3.05, 3.63) is 52.5 Å². The molecule has 2 aromatic rings. The van der Waals surface area contributed by atoms with Gasteiger partial charge in [-0.2, -0.15) is 0 Å². The second-order valence-electron chi connectivity index (χ2n) is 3.90. The number of rotatable bonds is 4. The zero-order chi connectivity index (χ0) is 12.3. The van der Waals surface area contributed by atoms with E-state index in [0.29, 0.717) is 12.1 Å². The number of imidazole rings is 1. The van der Waals surface area contributed by atoms with Crippen molar-refractivity contribution in [1.82, 2.24) is 14.1 Å². The van der Waals surface area contributed by atoms with Crippen molar-refractivity contribution < 1.29 is 0 Å². The maximum atomic E-state index is 11.9. The van der Waals surface area contributed by atoms with Gasteiger partial charge in [0, 0.05) is 43.8 Å². The summed E-state index contributed by atoms with van der Waals surface area (Å²) in [5.41, 5.74) is 6.15. The van der Waals surface area contributed by atoms with Crippen molar-refractivity contribution in [2.75, 3.05) is 0 Å². The Bertz CT molecular complexity index is 556. The zero-order valence-electron chi connectivity index (χ0n) is 9.84. The first-order valence-corrected chi connectivity index (χ1v) is 5.58. The summed E-state index contributed by atoms with van der Waals surface area (Å²) in [6.07, 6.45) is 5.45.